The van der Waals surface area contributed by atoms with Crippen molar-refractivity contribution in [3.63, 3.8) is 0 Å². The number of halogens is 5. The maximum atomic E-state index is 13.5. The largest absolute Gasteiger partial charge is 0.422 e. The Kier molecular flexibility index (Phi) is 5.05. The average Bonchev–Trinajstić information content (AvgIpc) is 2.50. The van der Waals surface area contributed by atoms with Crippen molar-refractivity contribution in [1.82, 2.24) is 5.32 Å². The van der Waals surface area contributed by atoms with Crippen LogP contribution in [-0.4, -0.2) is 12.1 Å². The number of carbonyl (C=O) groups is 1. The molecule has 2 aromatic rings. The Labute approximate surface area is 139 Å². The van der Waals surface area contributed by atoms with E-state index in [1.54, 1.807) is 18.2 Å². The van der Waals surface area contributed by atoms with Gasteiger partial charge in [0.15, 0.2) is 0 Å². The van der Waals surface area contributed by atoms with E-state index in [9.17, 15) is 26.7 Å². The number of anilines is 1. The fraction of sp³-hybridized carbons (Fsp3) is 0.125. The molecule has 4 N–H and O–H groups in total. The molecule has 0 saturated carbocycles. The molecule has 4 nitrogen and oxygen atoms in total. The number of nitrogens with one attached hydrogen (secondary N) is 2. The zero-order valence-electron chi connectivity index (χ0n) is 12.5. The molecule has 0 aliphatic carbocycles. The van der Waals surface area contributed by atoms with Crippen molar-refractivity contribution in [2.75, 3.05) is 5.73 Å². The second-order valence-electron chi connectivity index (χ2n) is 5.06. The Hall–Kier alpha value is -2.97. The summed E-state index contributed by atoms with van der Waals surface area (Å²) in [6, 6.07) is 5.34. The first-order valence-electron chi connectivity index (χ1n) is 6.87. The first-order chi connectivity index (χ1) is 11.6. The standard InChI is InChI=1S/C16H12F5N3O/c17-11-4-9(5-12(18)14(11)16(19,20)21)15(25)24-7-8-2-1-3-13(23)10(8)6-22/h1-6,22H,7,23H2,(H,24,25). The number of hydrogen-bond donors (Lipinski definition) is 3. The summed E-state index contributed by atoms with van der Waals surface area (Å²) in [6.07, 6.45) is -4.22. The van der Waals surface area contributed by atoms with E-state index in [1.807, 2.05) is 0 Å². The van der Waals surface area contributed by atoms with Crippen LogP contribution in [0.4, 0.5) is 27.6 Å². The monoisotopic (exact) mass is 357 g/mol. The highest BCUT2D eigenvalue weighted by atomic mass is 19.4. The molecular formula is C16H12F5N3O. The number of nitrogen functional groups attached to an aromatic ring is 1. The van der Waals surface area contributed by atoms with Gasteiger partial charge in [0.05, 0.1) is 0 Å². The minimum Gasteiger partial charge on any atom is -0.398 e. The van der Waals surface area contributed by atoms with Crippen LogP contribution in [0.15, 0.2) is 30.3 Å². The Morgan fingerprint density at radius 1 is 1.20 bits per heavy atom. The van der Waals surface area contributed by atoms with Crippen molar-refractivity contribution in [2.45, 2.75) is 12.7 Å². The molecule has 0 aromatic heterocycles. The van der Waals surface area contributed by atoms with Crippen molar-refractivity contribution >= 4 is 17.8 Å². The molecule has 1 amide bonds. The van der Waals surface area contributed by atoms with Gasteiger partial charge in [-0.25, -0.2) is 8.78 Å². The summed E-state index contributed by atoms with van der Waals surface area (Å²) in [5.41, 5.74) is 4.16. The Bertz CT molecular complexity index is 810. The molecule has 9 heteroatoms. The van der Waals surface area contributed by atoms with Gasteiger partial charge in [-0.2, -0.15) is 13.2 Å². The van der Waals surface area contributed by atoms with Crippen LogP contribution in [0, 0.1) is 17.0 Å². The van der Waals surface area contributed by atoms with Crippen LogP contribution >= 0.6 is 0 Å². The third kappa shape index (κ3) is 3.93. The summed E-state index contributed by atoms with van der Waals surface area (Å²) < 4.78 is 64.6. The van der Waals surface area contributed by atoms with Crippen molar-refractivity contribution in [1.29, 1.82) is 5.41 Å². The highest BCUT2D eigenvalue weighted by molar-refractivity contribution is 5.94. The highest BCUT2D eigenvalue weighted by Gasteiger charge is 2.38. The van der Waals surface area contributed by atoms with Crippen LogP contribution in [0.2, 0.25) is 0 Å². The molecule has 0 heterocycles. The van der Waals surface area contributed by atoms with Gasteiger partial charge in [-0.1, -0.05) is 12.1 Å². The molecule has 2 aromatic carbocycles. The van der Waals surface area contributed by atoms with E-state index >= 15 is 0 Å². The average molecular weight is 357 g/mol. The minimum atomic E-state index is -5.20. The summed E-state index contributed by atoms with van der Waals surface area (Å²) >= 11 is 0. The Morgan fingerprint density at radius 2 is 1.80 bits per heavy atom. The predicted octanol–water partition coefficient (Wildman–Crippen LogP) is 3.49. The number of amides is 1. The first-order valence-corrected chi connectivity index (χ1v) is 6.87. The maximum absolute atomic E-state index is 13.5. The van der Waals surface area contributed by atoms with Gasteiger partial charge in [-0.05, 0) is 23.8 Å². The Balaban J connectivity index is 2.23. The van der Waals surface area contributed by atoms with Gasteiger partial charge in [-0.3, -0.25) is 4.79 Å². The van der Waals surface area contributed by atoms with Crippen LogP contribution in [0.1, 0.15) is 27.0 Å². The van der Waals surface area contributed by atoms with Gasteiger partial charge in [0.1, 0.15) is 17.2 Å². The third-order valence-corrected chi connectivity index (χ3v) is 3.40. The van der Waals surface area contributed by atoms with Crippen LogP contribution in [-0.2, 0) is 12.7 Å². The quantitative estimate of drug-likeness (QED) is 0.445. The van der Waals surface area contributed by atoms with Crippen molar-refractivity contribution in [3.8, 4) is 0 Å². The van der Waals surface area contributed by atoms with Crippen molar-refractivity contribution in [3.05, 3.63) is 64.2 Å². The lowest BCUT2D eigenvalue weighted by molar-refractivity contribution is -0.142. The van der Waals surface area contributed by atoms with E-state index in [2.05, 4.69) is 5.32 Å². The Morgan fingerprint density at radius 3 is 2.32 bits per heavy atom. The van der Waals surface area contributed by atoms with E-state index in [0.717, 1.165) is 6.21 Å². The van der Waals surface area contributed by atoms with Crippen molar-refractivity contribution in [2.24, 2.45) is 0 Å². The fourth-order valence-electron chi connectivity index (χ4n) is 2.22. The predicted molar refractivity (Wildman–Crippen MR) is 81.3 cm³/mol. The molecule has 132 valence electrons. The van der Waals surface area contributed by atoms with Gasteiger partial charge >= 0.3 is 6.18 Å². The van der Waals surface area contributed by atoms with E-state index < -0.39 is 34.8 Å². The first kappa shape index (κ1) is 18.4. The maximum Gasteiger partial charge on any atom is 0.422 e. The second-order valence-corrected chi connectivity index (χ2v) is 5.06. The lowest BCUT2D eigenvalue weighted by Crippen LogP contribution is -2.24. The number of hydrogen-bond acceptors (Lipinski definition) is 3. The third-order valence-electron chi connectivity index (χ3n) is 3.40. The summed E-state index contributed by atoms with van der Waals surface area (Å²) in [6.45, 7) is -0.126. The second kappa shape index (κ2) is 6.88. The van der Waals surface area contributed by atoms with E-state index in [-0.39, 0.29) is 6.54 Å². The normalized spacial score (nSPS) is 11.2. The fourth-order valence-corrected chi connectivity index (χ4v) is 2.22. The molecule has 0 fully saturated rings. The van der Waals surface area contributed by atoms with Gasteiger partial charge in [0.25, 0.3) is 5.91 Å². The topological polar surface area (TPSA) is 79.0 Å². The summed E-state index contributed by atoms with van der Waals surface area (Å²) in [4.78, 5) is 12.0. The molecule has 0 radical (unpaired) electrons. The zero-order valence-corrected chi connectivity index (χ0v) is 12.5. The van der Waals surface area contributed by atoms with E-state index in [1.165, 1.54) is 0 Å². The van der Waals surface area contributed by atoms with Gasteiger partial charge < -0.3 is 16.5 Å². The molecular weight excluding hydrogens is 345 g/mol. The molecule has 0 unspecified atom stereocenters. The summed E-state index contributed by atoms with van der Waals surface area (Å²) in [5.74, 6) is -4.71. The summed E-state index contributed by atoms with van der Waals surface area (Å²) in [5, 5.41) is 9.61. The molecule has 0 bridgehead atoms. The highest BCUT2D eigenvalue weighted by Crippen LogP contribution is 2.34. The lowest BCUT2D eigenvalue weighted by Gasteiger charge is -2.12. The number of nitrogens with two attached hydrogens (primary N) is 1. The van der Waals surface area contributed by atoms with Gasteiger partial charge in [-0.15, -0.1) is 0 Å². The summed E-state index contributed by atoms with van der Waals surface area (Å²) in [7, 11) is 0. The minimum absolute atomic E-state index is 0.126. The number of carbonyl (C=O) groups excluding carboxylic acids is 1. The SMILES string of the molecule is N=Cc1c(N)cccc1CNC(=O)c1cc(F)c(C(F)(F)F)c(F)c1. The van der Waals surface area contributed by atoms with Crippen LogP contribution in [0.5, 0.6) is 0 Å². The molecule has 0 saturated heterocycles. The molecule has 0 spiro atoms. The number of rotatable bonds is 4. The molecule has 0 aliphatic heterocycles. The van der Waals surface area contributed by atoms with E-state index in [4.69, 9.17) is 11.1 Å². The van der Waals surface area contributed by atoms with Crippen LogP contribution in [0.3, 0.4) is 0 Å². The number of alkyl halides is 3. The molecule has 0 atom stereocenters. The van der Waals surface area contributed by atoms with Crippen LogP contribution < -0.4 is 11.1 Å². The number of benzene rings is 2. The lowest BCUT2D eigenvalue weighted by atomic mass is 10.1. The van der Waals surface area contributed by atoms with E-state index in [0.29, 0.717) is 28.9 Å². The zero-order chi connectivity index (χ0) is 18.8. The van der Waals surface area contributed by atoms with Gasteiger partial charge in [0, 0.05) is 29.6 Å². The molecule has 25 heavy (non-hydrogen) atoms. The smallest absolute Gasteiger partial charge is 0.398 e. The van der Waals surface area contributed by atoms with Crippen LogP contribution in [0.25, 0.3) is 0 Å². The molecule has 0 aliphatic rings. The molecule has 2 rings (SSSR count). The van der Waals surface area contributed by atoms with Gasteiger partial charge in [0.2, 0.25) is 0 Å². The van der Waals surface area contributed by atoms with Crippen molar-refractivity contribution < 1.29 is 26.7 Å².